The highest BCUT2D eigenvalue weighted by Gasteiger charge is 2.51. The predicted molar refractivity (Wildman–Crippen MR) is 116 cm³/mol. The number of benzene rings is 1. The maximum absolute atomic E-state index is 12.4. The van der Waals surface area contributed by atoms with E-state index in [1.54, 1.807) is 31.3 Å². The first-order valence-electron chi connectivity index (χ1n) is 11.0. The van der Waals surface area contributed by atoms with Crippen LogP contribution in [0.4, 0.5) is 16.2 Å². The number of hydrogen-bond donors (Lipinski definition) is 3. The molecule has 30 heavy (non-hydrogen) atoms. The highest BCUT2D eigenvalue weighted by molar-refractivity contribution is 5.93. The fourth-order valence-corrected chi connectivity index (χ4v) is 6.01. The second-order valence-corrected chi connectivity index (χ2v) is 9.50. The van der Waals surface area contributed by atoms with E-state index in [4.69, 9.17) is 0 Å². The third kappa shape index (κ3) is 4.60. The number of hydrogen-bond acceptors (Lipinski definition) is 3. The van der Waals surface area contributed by atoms with Crippen molar-refractivity contribution < 1.29 is 14.4 Å². The van der Waals surface area contributed by atoms with Gasteiger partial charge < -0.3 is 20.9 Å². The number of carbonyl (C=O) groups excluding carboxylic acids is 3. The van der Waals surface area contributed by atoms with Crippen molar-refractivity contribution in [2.24, 2.45) is 17.8 Å². The van der Waals surface area contributed by atoms with Gasteiger partial charge in [-0.25, -0.2) is 4.79 Å². The number of nitrogens with one attached hydrogen (secondary N) is 3. The molecule has 4 aliphatic carbocycles. The summed E-state index contributed by atoms with van der Waals surface area (Å²) in [6.45, 7) is 1.80. The van der Waals surface area contributed by atoms with Gasteiger partial charge in [0.1, 0.15) is 0 Å². The van der Waals surface area contributed by atoms with Crippen LogP contribution in [0.2, 0.25) is 0 Å². The molecule has 4 aliphatic rings. The van der Waals surface area contributed by atoms with E-state index in [1.807, 2.05) is 0 Å². The molecule has 162 valence electrons. The number of nitrogens with zero attached hydrogens (tertiary/aromatic N) is 1. The Morgan fingerprint density at radius 1 is 1.00 bits per heavy atom. The maximum Gasteiger partial charge on any atom is 0.315 e. The Kier molecular flexibility index (Phi) is 5.71. The van der Waals surface area contributed by atoms with Gasteiger partial charge in [-0.05, 0) is 80.5 Å². The van der Waals surface area contributed by atoms with Crippen molar-refractivity contribution in [1.29, 1.82) is 0 Å². The van der Waals surface area contributed by atoms with Crippen LogP contribution in [0.3, 0.4) is 0 Å². The number of amides is 4. The zero-order valence-corrected chi connectivity index (χ0v) is 17.9. The number of rotatable bonds is 6. The Balaban J connectivity index is 1.19. The summed E-state index contributed by atoms with van der Waals surface area (Å²) in [5.41, 5.74) is 1.41. The zero-order valence-electron chi connectivity index (χ0n) is 17.9. The molecule has 0 aromatic heterocycles. The third-order valence-corrected chi connectivity index (χ3v) is 7.07. The van der Waals surface area contributed by atoms with E-state index in [-0.39, 0.29) is 29.8 Å². The third-order valence-electron chi connectivity index (χ3n) is 7.07. The smallest absolute Gasteiger partial charge is 0.315 e. The molecule has 5 rings (SSSR count). The standard InChI is InChI=1S/C23H32N4O3/c1-15(28)27(2)20-5-3-19(4-6-20)25-21(29)7-8-24-22(30)26-23-12-16-9-17(13-23)11-18(10-16)14-23/h3-6,16-18H,7-14H2,1-2H3,(H,25,29)(H2,24,26,30). The quantitative estimate of drug-likeness (QED) is 0.670. The average molecular weight is 413 g/mol. The summed E-state index contributed by atoms with van der Waals surface area (Å²) < 4.78 is 0. The largest absolute Gasteiger partial charge is 0.338 e. The van der Waals surface area contributed by atoms with Crippen LogP contribution in [0, 0.1) is 17.8 Å². The van der Waals surface area contributed by atoms with Gasteiger partial charge >= 0.3 is 6.03 Å². The van der Waals surface area contributed by atoms with Gasteiger partial charge in [-0.15, -0.1) is 0 Å². The molecule has 4 bridgehead atoms. The lowest BCUT2D eigenvalue weighted by molar-refractivity contribution is -0.117. The Labute approximate surface area is 178 Å². The van der Waals surface area contributed by atoms with Crippen molar-refractivity contribution in [2.75, 3.05) is 23.8 Å². The molecule has 0 saturated heterocycles. The van der Waals surface area contributed by atoms with Crippen LogP contribution in [-0.4, -0.2) is 37.0 Å². The molecule has 0 spiro atoms. The summed E-state index contributed by atoms with van der Waals surface area (Å²) in [5, 5.41) is 8.94. The Morgan fingerprint density at radius 2 is 1.57 bits per heavy atom. The Morgan fingerprint density at radius 3 is 2.10 bits per heavy atom. The monoisotopic (exact) mass is 412 g/mol. The van der Waals surface area contributed by atoms with Gasteiger partial charge in [0.2, 0.25) is 11.8 Å². The molecule has 7 nitrogen and oxygen atoms in total. The van der Waals surface area contributed by atoms with E-state index >= 15 is 0 Å². The van der Waals surface area contributed by atoms with Gasteiger partial charge in [0.25, 0.3) is 0 Å². The van der Waals surface area contributed by atoms with Crippen molar-refractivity contribution in [2.45, 2.75) is 57.4 Å². The summed E-state index contributed by atoms with van der Waals surface area (Å²) in [6.07, 6.45) is 7.58. The molecule has 3 N–H and O–H groups in total. The van der Waals surface area contributed by atoms with Crippen molar-refractivity contribution in [3.05, 3.63) is 24.3 Å². The van der Waals surface area contributed by atoms with E-state index in [1.165, 1.54) is 31.1 Å². The molecule has 0 unspecified atom stereocenters. The predicted octanol–water partition coefficient (Wildman–Crippen LogP) is 3.27. The first-order valence-corrected chi connectivity index (χ1v) is 11.0. The summed E-state index contributed by atoms with van der Waals surface area (Å²) in [5.74, 6) is 2.14. The molecule has 0 aliphatic heterocycles. The second-order valence-electron chi connectivity index (χ2n) is 9.50. The lowest BCUT2D eigenvalue weighted by Gasteiger charge is -2.56. The van der Waals surface area contributed by atoms with Crippen molar-refractivity contribution >= 4 is 29.2 Å². The molecule has 0 radical (unpaired) electrons. The number of carbonyl (C=O) groups is 3. The molecular formula is C23H32N4O3. The van der Waals surface area contributed by atoms with Crippen molar-refractivity contribution in [1.82, 2.24) is 10.6 Å². The lowest BCUT2D eigenvalue weighted by Crippen LogP contribution is -2.61. The first-order chi connectivity index (χ1) is 14.3. The molecule has 1 aromatic rings. The average Bonchev–Trinajstić information content (AvgIpc) is 2.66. The molecular weight excluding hydrogens is 380 g/mol. The van der Waals surface area contributed by atoms with Crippen LogP contribution in [0.1, 0.15) is 51.9 Å². The minimum absolute atomic E-state index is 0.0180. The van der Waals surface area contributed by atoms with E-state index in [0.29, 0.717) is 12.2 Å². The number of anilines is 2. The van der Waals surface area contributed by atoms with Crippen LogP contribution >= 0.6 is 0 Å². The van der Waals surface area contributed by atoms with Gasteiger partial charge in [-0.3, -0.25) is 9.59 Å². The van der Waals surface area contributed by atoms with E-state index in [9.17, 15) is 14.4 Å². The highest BCUT2D eigenvalue weighted by atomic mass is 16.2. The first kappa shape index (κ1) is 20.7. The molecule has 4 fully saturated rings. The minimum atomic E-state index is -0.155. The fraction of sp³-hybridized carbons (Fsp3) is 0.609. The van der Waals surface area contributed by atoms with E-state index < -0.39 is 0 Å². The van der Waals surface area contributed by atoms with Crippen LogP contribution in [0.15, 0.2) is 24.3 Å². The summed E-state index contributed by atoms with van der Waals surface area (Å²) >= 11 is 0. The molecule has 7 heteroatoms. The molecule has 0 heterocycles. The van der Waals surface area contributed by atoms with Gasteiger partial charge in [0.15, 0.2) is 0 Å². The van der Waals surface area contributed by atoms with E-state index in [2.05, 4.69) is 16.0 Å². The Hall–Kier alpha value is -2.57. The molecule has 0 atom stereocenters. The van der Waals surface area contributed by atoms with Crippen molar-refractivity contribution in [3.63, 3.8) is 0 Å². The summed E-state index contributed by atoms with van der Waals surface area (Å²) in [6, 6.07) is 6.95. The van der Waals surface area contributed by atoms with Crippen molar-refractivity contribution in [3.8, 4) is 0 Å². The van der Waals surface area contributed by atoms with Gasteiger partial charge in [-0.2, -0.15) is 0 Å². The second kappa shape index (κ2) is 8.28. The lowest BCUT2D eigenvalue weighted by atomic mass is 9.53. The van der Waals surface area contributed by atoms with Crippen LogP contribution in [0.5, 0.6) is 0 Å². The fourth-order valence-electron chi connectivity index (χ4n) is 6.01. The molecule has 1 aromatic carbocycles. The maximum atomic E-state index is 12.4. The minimum Gasteiger partial charge on any atom is -0.338 e. The summed E-state index contributed by atoms with van der Waals surface area (Å²) in [7, 11) is 1.70. The van der Waals surface area contributed by atoms with E-state index in [0.717, 1.165) is 42.7 Å². The summed E-state index contributed by atoms with van der Waals surface area (Å²) in [4.78, 5) is 37.6. The topological polar surface area (TPSA) is 90.5 Å². The van der Waals surface area contributed by atoms with Crippen LogP contribution < -0.4 is 20.9 Å². The zero-order chi connectivity index (χ0) is 21.3. The van der Waals surface area contributed by atoms with Gasteiger partial charge in [0.05, 0.1) is 0 Å². The molecule has 4 saturated carbocycles. The van der Waals surface area contributed by atoms with Crippen LogP contribution in [0.25, 0.3) is 0 Å². The van der Waals surface area contributed by atoms with Gasteiger partial charge in [-0.1, -0.05) is 0 Å². The SMILES string of the molecule is CC(=O)N(C)c1ccc(NC(=O)CCNC(=O)NC23CC4CC(CC(C4)C2)C3)cc1. The Bertz CT molecular complexity index is 785. The van der Waals surface area contributed by atoms with Crippen LogP contribution in [-0.2, 0) is 9.59 Å². The normalized spacial score (nSPS) is 28.7. The van der Waals surface area contributed by atoms with Gasteiger partial charge in [0, 0.05) is 43.9 Å². The molecule has 4 amide bonds. The number of urea groups is 1. The highest BCUT2D eigenvalue weighted by Crippen LogP contribution is 2.55.